The molecule has 3 N–H and O–H groups in total. The highest BCUT2D eigenvalue weighted by atomic mass is 16.5. The van der Waals surface area contributed by atoms with E-state index in [2.05, 4.69) is 37.5 Å². The SMILES string of the molecule is Cc1ccc(C(NN)C2CCCOC2)cc1C. The Kier molecular flexibility index (Phi) is 4.15. The molecule has 0 bridgehead atoms. The molecule has 1 aliphatic heterocycles. The van der Waals surface area contributed by atoms with Crippen LogP contribution in [0.1, 0.15) is 35.6 Å². The first-order valence-corrected chi connectivity index (χ1v) is 6.33. The van der Waals surface area contributed by atoms with E-state index < -0.39 is 0 Å². The summed E-state index contributed by atoms with van der Waals surface area (Å²) in [6.07, 6.45) is 2.31. The van der Waals surface area contributed by atoms with E-state index in [1.54, 1.807) is 0 Å². The maximum absolute atomic E-state index is 5.72. The van der Waals surface area contributed by atoms with Crippen molar-refractivity contribution < 1.29 is 4.74 Å². The van der Waals surface area contributed by atoms with E-state index >= 15 is 0 Å². The molecule has 0 saturated carbocycles. The Hall–Kier alpha value is -0.900. The second-order valence-electron chi connectivity index (χ2n) is 4.97. The van der Waals surface area contributed by atoms with Crippen LogP contribution in [0.5, 0.6) is 0 Å². The number of aryl methyl sites for hydroxylation is 2. The van der Waals surface area contributed by atoms with Gasteiger partial charge in [0, 0.05) is 12.5 Å². The molecule has 1 fully saturated rings. The average Bonchev–Trinajstić information content (AvgIpc) is 2.36. The van der Waals surface area contributed by atoms with Crippen molar-refractivity contribution in [3.63, 3.8) is 0 Å². The van der Waals surface area contributed by atoms with Crippen LogP contribution in [-0.2, 0) is 4.74 Å². The van der Waals surface area contributed by atoms with Crippen LogP contribution < -0.4 is 11.3 Å². The van der Waals surface area contributed by atoms with Gasteiger partial charge in [-0.25, -0.2) is 0 Å². The Morgan fingerprint density at radius 2 is 2.18 bits per heavy atom. The molecule has 0 radical (unpaired) electrons. The van der Waals surface area contributed by atoms with Crippen molar-refractivity contribution in [1.29, 1.82) is 0 Å². The highest BCUT2D eigenvalue weighted by molar-refractivity contribution is 5.32. The zero-order valence-electron chi connectivity index (χ0n) is 10.7. The van der Waals surface area contributed by atoms with Crippen molar-refractivity contribution in [2.24, 2.45) is 11.8 Å². The topological polar surface area (TPSA) is 47.3 Å². The fourth-order valence-electron chi connectivity index (χ4n) is 2.49. The minimum Gasteiger partial charge on any atom is -0.381 e. The van der Waals surface area contributed by atoms with E-state index in [0.717, 1.165) is 19.6 Å². The van der Waals surface area contributed by atoms with E-state index in [4.69, 9.17) is 10.6 Å². The van der Waals surface area contributed by atoms with Gasteiger partial charge in [0.25, 0.3) is 0 Å². The third-order valence-electron chi connectivity index (χ3n) is 3.74. The normalized spacial score (nSPS) is 22.4. The summed E-state index contributed by atoms with van der Waals surface area (Å²) in [6, 6.07) is 6.77. The minimum absolute atomic E-state index is 0.203. The van der Waals surface area contributed by atoms with Gasteiger partial charge in [-0.05, 0) is 43.4 Å². The second-order valence-corrected chi connectivity index (χ2v) is 4.97. The van der Waals surface area contributed by atoms with Crippen LogP contribution in [0.25, 0.3) is 0 Å². The predicted octanol–water partition coefficient (Wildman–Crippen LogP) is 2.23. The summed E-state index contributed by atoms with van der Waals surface area (Å²) in [5.41, 5.74) is 6.87. The number of hydrazine groups is 1. The monoisotopic (exact) mass is 234 g/mol. The largest absolute Gasteiger partial charge is 0.381 e. The molecule has 17 heavy (non-hydrogen) atoms. The molecule has 2 atom stereocenters. The number of benzene rings is 1. The number of nitrogens with one attached hydrogen (secondary N) is 1. The molecule has 2 rings (SSSR count). The van der Waals surface area contributed by atoms with Gasteiger partial charge in [-0.2, -0.15) is 0 Å². The molecule has 1 heterocycles. The molecule has 0 aliphatic carbocycles. The maximum Gasteiger partial charge on any atom is 0.0513 e. The number of nitrogens with two attached hydrogens (primary N) is 1. The third kappa shape index (κ3) is 2.86. The van der Waals surface area contributed by atoms with Crippen molar-refractivity contribution >= 4 is 0 Å². The zero-order valence-corrected chi connectivity index (χ0v) is 10.7. The van der Waals surface area contributed by atoms with Crippen LogP contribution in [0.4, 0.5) is 0 Å². The Morgan fingerprint density at radius 1 is 1.35 bits per heavy atom. The number of ether oxygens (including phenoxy) is 1. The van der Waals surface area contributed by atoms with Crippen LogP contribution in [0.2, 0.25) is 0 Å². The molecule has 1 saturated heterocycles. The Balaban J connectivity index is 2.18. The summed E-state index contributed by atoms with van der Waals surface area (Å²) in [7, 11) is 0. The Morgan fingerprint density at radius 3 is 2.76 bits per heavy atom. The molecule has 1 aliphatic rings. The average molecular weight is 234 g/mol. The first-order chi connectivity index (χ1) is 8.22. The summed E-state index contributed by atoms with van der Waals surface area (Å²) in [5, 5.41) is 0. The highest BCUT2D eigenvalue weighted by Gasteiger charge is 2.24. The summed E-state index contributed by atoms with van der Waals surface area (Å²) >= 11 is 0. The molecule has 94 valence electrons. The van der Waals surface area contributed by atoms with E-state index in [1.807, 2.05) is 0 Å². The Bertz CT molecular complexity index is 372. The lowest BCUT2D eigenvalue weighted by Crippen LogP contribution is -2.37. The van der Waals surface area contributed by atoms with Gasteiger partial charge >= 0.3 is 0 Å². The molecular weight excluding hydrogens is 212 g/mol. The van der Waals surface area contributed by atoms with Crippen LogP contribution in [0, 0.1) is 19.8 Å². The van der Waals surface area contributed by atoms with Gasteiger partial charge in [-0.15, -0.1) is 0 Å². The Labute approximate surface area is 103 Å². The molecule has 1 aromatic rings. The predicted molar refractivity (Wildman–Crippen MR) is 69.5 cm³/mol. The molecule has 1 aromatic carbocycles. The first-order valence-electron chi connectivity index (χ1n) is 6.33. The first kappa shape index (κ1) is 12.6. The molecule has 2 unspecified atom stereocenters. The van der Waals surface area contributed by atoms with Crippen LogP contribution in [0.15, 0.2) is 18.2 Å². The van der Waals surface area contributed by atoms with Crippen LogP contribution >= 0.6 is 0 Å². The molecule has 0 amide bonds. The van der Waals surface area contributed by atoms with Crippen molar-refractivity contribution in [2.75, 3.05) is 13.2 Å². The fraction of sp³-hybridized carbons (Fsp3) is 0.571. The van der Waals surface area contributed by atoms with Gasteiger partial charge in [0.2, 0.25) is 0 Å². The standard InChI is InChI=1S/C14H22N2O/c1-10-5-6-12(8-11(10)2)14(16-15)13-4-3-7-17-9-13/h5-6,8,13-14,16H,3-4,7,9,15H2,1-2H3. The molecule has 0 spiro atoms. The smallest absolute Gasteiger partial charge is 0.0513 e. The lowest BCUT2D eigenvalue weighted by atomic mass is 9.88. The van der Waals surface area contributed by atoms with Crippen molar-refractivity contribution in [3.05, 3.63) is 34.9 Å². The quantitative estimate of drug-likeness (QED) is 0.623. The molecule has 3 heteroatoms. The number of hydrogen-bond donors (Lipinski definition) is 2. The lowest BCUT2D eigenvalue weighted by molar-refractivity contribution is 0.0390. The maximum atomic E-state index is 5.72. The summed E-state index contributed by atoms with van der Waals surface area (Å²) in [6.45, 7) is 5.97. The molecular formula is C14H22N2O. The van der Waals surface area contributed by atoms with Gasteiger partial charge in [-0.3, -0.25) is 11.3 Å². The van der Waals surface area contributed by atoms with Crippen molar-refractivity contribution in [1.82, 2.24) is 5.43 Å². The third-order valence-corrected chi connectivity index (χ3v) is 3.74. The van der Waals surface area contributed by atoms with Gasteiger partial charge in [0.15, 0.2) is 0 Å². The van der Waals surface area contributed by atoms with E-state index in [0.29, 0.717) is 5.92 Å². The summed E-state index contributed by atoms with van der Waals surface area (Å²) in [5.74, 6) is 6.20. The van der Waals surface area contributed by atoms with E-state index in [9.17, 15) is 0 Å². The lowest BCUT2D eigenvalue weighted by Gasteiger charge is -2.30. The van der Waals surface area contributed by atoms with Gasteiger partial charge in [0.1, 0.15) is 0 Å². The van der Waals surface area contributed by atoms with Crippen LogP contribution in [-0.4, -0.2) is 13.2 Å². The number of hydrogen-bond acceptors (Lipinski definition) is 3. The minimum atomic E-state index is 0.203. The van der Waals surface area contributed by atoms with Crippen molar-refractivity contribution in [3.8, 4) is 0 Å². The second kappa shape index (κ2) is 5.63. The summed E-state index contributed by atoms with van der Waals surface area (Å²) < 4.78 is 5.54. The highest BCUT2D eigenvalue weighted by Crippen LogP contribution is 2.29. The van der Waals surface area contributed by atoms with Crippen molar-refractivity contribution in [2.45, 2.75) is 32.7 Å². The summed E-state index contributed by atoms with van der Waals surface area (Å²) in [4.78, 5) is 0. The molecule has 3 nitrogen and oxygen atoms in total. The zero-order chi connectivity index (χ0) is 12.3. The van der Waals surface area contributed by atoms with Crippen LogP contribution in [0.3, 0.4) is 0 Å². The fourth-order valence-corrected chi connectivity index (χ4v) is 2.49. The van der Waals surface area contributed by atoms with Gasteiger partial charge in [0.05, 0.1) is 12.6 Å². The van der Waals surface area contributed by atoms with Gasteiger partial charge < -0.3 is 4.74 Å². The molecule has 0 aromatic heterocycles. The van der Waals surface area contributed by atoms with E-state index in [1.165, 1.54) is 23.1 Å². The van der Waals surface area contributed by atoms with E-state index in [-0.39, 0.29) is 6.04 Å². The number of rotatable bonds is 3. The van der Waals surface area contributed by atoms with Gasteiger partial charge in [-0.1, -0.05) is 18.2 Å².